The van der Waals surface area contributed by atoms with Gasteiger partial charge in [-0.2, -0.15) is 0 Å². The molecule has 3 nitrogen and oxygen atoms in total. The molecule has 0 saturated carbocycles. The van der Waals surface area contributed by atoms with Crippen LogP contribution in [0.15, 0.2) is 42.6 Å². The summed E-state index contributed by atoms with van der Waals surface area (Å²) < 4.78 is 0. The Kier molecular flexibility index (Phi) is 3.95. The molecule has 1 heterocycles. The maximum Gasteiger partial charge on any atom is 0.131 e. The van der Waals surface area contributed by atoms with Crippen molar-refractivity contribution in [2.45, 2.75) is 20.0 Å². The fourth-order valence-corrected chi connectivity index (χ4v) is 2.12. The minimum absolute atomic E-state index is 0.575. The van der Waals surface area contributed by atoms with Crippen LogP contribution >= 0.6 is 0 Å². The van der Waals surface area contributed by atoms with Gasteiger partial charge in [-0.1, -0.05) is 30.3 Å². The van der Waals surface area contributed by atoms with Gasteiger partial charge < -0.3 is 10.6 Å². The molecule has 18 heavy (non-hydrogen) atoms. The number of nitrogens with two attached hydrogens (primary N) is 1. The summed E-state index contributed by atoms with van der Waals surface area (Å²) in [4.78, 5) is 6.58. The fraction of sp³-hybridized carbons (Fsp3) is 0.267. The van der Waals surface area contributed by atoms with Crippen LogP contribution in [-0.2, 0) is 13.1 Å². The number of aryl methyl sites for hydroxylation is 1. The van der Waals surface area contributed by atoms with Gasteiger partial charge in [0.2, 0.25) is 0 Å². The average molecular weight is 241 g/mol. The molecule has 0 saturated heterocycles. The van der Waals surface area contributed by atoms with Crippen molar-refractivity contribution in [1.82, 2.24) is 4.98 Å². The van der Waals surface area contributed by atoms with E-state index in [1.54, 1.807) is 0 Å². The lowest BCUT2D eigenvalue weighted by Gasteiger charge is -2.21. The Hall–Kier alpha value is -1.87. The summed E-state index contributed by atoms with van der Waals surface area (Å²) in [6.45, 7) is 3.48. The maximum absolute atomic E-state index is 5.76. The minimum Gasteiger partial charge on any atom is -0.355 e. The van der Waals surface area contributed by atoms with Gasteiger partial charge in [0.05, 0.1) is 0 Å². The van der Waals surface area contributed by atoms with E-state index >= 15 is 0 Å². The van der Waals surface area contributed by atoms with Gasteiger partial charge in [-0.25, -0.2) is 4.98 Å². The third-order valence-corrected chi connectivity index (χ3v) is 3.09. The first-order valence-corrected chi connectivity index (χ1v) is 6.12. The van der Waals surface area contributed by atoms with Crippen LogP contribution in [0.2, 0.25) is 0 Å². The van der Waals surface area contributed by atoms with Gasteiger partial charge >= 0.3 is 0 Å². The molecular weight excluding hydrogens is 222 g/mol. The van der Waals surface area contributed by atoms with Gasteiger partial charge in [-0.05, 0) is 29.7 Å². The van der Waals surface area contributed by atoms with Crippen LogP contribution in [0.25, 0.3) is 0 Å². The SMILES string of the molecule is Cc1cccnc1N(C)Cc1ccccc1CN. The van der Waals surface area contributed by atoms with E-state index < -0.39 is 0 Å². The van der Waals surface area contributed by atoms with E-state index in [1.807, 2.05) is 24.4 Å². The minimum atomic E-state index is 0.575. The molecule has 0 radical (unpaired) electrons. The largest absolute Gasteiger partial charge is 0.355 e. The molecular formula is C15H19N3. The van der Waals surface area contributed by atoms with E-state index in [9.17, 15) is 0 Å². The molecule has 0 aliphatic carbocycles. The molecule has 2 aromatic rings. The van der Waals surface area contributed by atoms with Gasteiger partial charge in [0.1, 0.15) is 5.82 Å². The number of anilines is 1. The highest BCUT2D eigenvalue weighted by Crippen LogP contribution is 2.18. The number of rotatable bonds is 4. The Morgan fingerprint density at radius 3 is 2.50 bits per heavy atom. The van der Waals surface area contributed by atoms with Crippen molar-refractivity contribution in [1.29, 1.82) is 0 Å². The normalized spacial score (nSPS) is 10.4. The van der Waals surface area contributed by atoms with Crippen molar-refractivity contribution >= 4 is 5.82 Å². The molecule has 0 spiro atoms. The second kappa shape index (κ2) is 5.65. The van der Waals surface area contributed by atoms with Gasteiger partial charge in [-0.3, -0.25) is 0 Å². The van der Waals surface area contributed by atoms with Crippen LogP contribution in [0.4, 0.5) is 5.82 Å². The second-order valence-corrected chi connectivity index (χ2v) is 4.47. The molecule has 3 heteroatoms. The summed E-state index contributed by atoms with van der Waals surface area (Å²) in [5.41, 5.74) is 9.40. The molecule has 2 rings (SSSR count). The molecule has 0 aliphatic heterocycles. The molecule has 1 aromatic heterocycles. The summed E-state index contributed by atoms with van der Waals surface area (Å²) in [7, 11) is 2.06. The fourth-order valence-electron chi connectivity index (χ4n) is 2.12. The predicted molar refractivity (Wildman–Crippen MR) is 75.4 cm³/mol. The Balaban J connectivity index is 2.21. The van der Waals surface area contributed by atoms with Gasteiger partial charge in [-0.15, -0.1) is 0 Å². The zero-order valence-electron chi connectivity index (χ0n) is 10.9. The van der Waals surface area contributed by atoms with Gasteiger partial charge in [0.25, 0.3) is 0 Å². The van der Waals surface area contributed by atoms with E-state index in [1.165, 1.54) is 16.7 Å². The number of hydrogen-bond acceptors (Lipinski definition) is 3. The maximum atomic E-state index is 5.76. The van der Waals surface area contributed by atoms with Crippen LogP contribution in [-0.4, -0.2) is 12.0 Å². The lowest BCUT2D eigenvalue weighted by molar-refractivity contribution is 0.870. The van der Waals surface area contributed by atoms with Crippen LogP contribution in [0, 0.1) is 6.92 Å². The first-order chi connectivity index (χ1) is 8.72. The lowest BCUT2D eigenvalue weighted by atomic mass is 10.1. The van der Waals surface area contributed by atoms with Crippen LogP contribution in [0.5, 0.6) is 0 Å². The second-order valence-electron chi connectivity index (χ2n) is 4.47. The summed E-state index contributed by atoms with van der Waals surface area (Å²) in [6, 6.07) is 12.3. The molecule has 0 amide bonds. The highest BCUT2D eigenvalue weighted by Gasteiger charge is 2.08. The molecule has 2 N–H and O–H groups in total. The summed E-state index contributed by atoms with van der Waals surface area (Å²) in [5.74, 6) is 1.02. The van der Waals surface area contributed by atoms with Crippen molar-refractivity contribution in [2.75, 3.05) is 11.9 Å². The van der Waals surface area contributed by atoms with Crippen LogP contribution in [0.1, 0.15) is 16.7 Å². The third-order valence-electron chi connectivity index (χ3n) is 3.09. The lowest BCUT2D eigenvalue weighted by Crippen LogP contribution is -2.20. The Morgan fingerprint density at radius 1 is 1.11 bits per heavy atom. The monoisotopic (exact) mass is 241 g/mol. The first-order valence-electron chi connectivity index (χ1n) is 6.12. The Labute approximate surface area is 108 Å². The number of hydrogen-bond donors (Lipinski definition) is 1. The predicted octanol–water partition coefficient (Wildman–Crippen LogP) is 2.49. The standard InChI is InChI=1S/C15H19N3/c1-12-6-5-9-17-15(12)18(2)11-14-8-4-3-7-13(14)10-16/h3-9H,10-11,16H2,1-2H3. The average Bonchev–Trinajstić information content (AvgIpc) is 2.39. The highest BCUT2D eigenvalue weighted by molar-refractivity contribution is 5.46. The van der Waals surface area contributed by atoms with Gasteiger partial charge in [0.15, 0.2) is 0 Å². The number of aromatic nitrogens is 1. The zero-order chi connectivity index (χ0) is 13.0. The number of pyridine rings is 1. The number of benzene rings is 1. The molecule has 0 fully saturated rings. The third kappa shape index (κ3) is 2.68. The van der Waals surface area contributed by atoms with Crippen molar-refractivity contribution in [2.24, 2.45) is 5.73 Å². The highest BCUT2D eigenvalue weighted by atomic mass is 15.2. The zero-order valence-corrected chi connectivity index (χ0v) is 10.9. The molecule has 1 aromatic carbocycles. The topological polar surface area (TPSA) is 42.2 Å². The summed E-state index contributed by atoms with van der Waals surface area (Å²) in [6.07, 6.45) is 1.83. The van der Waals surface area contributed by atoms with E-state index in [2.05, 4.69) is 42.1 Å². The molecule has 0 aliphatic rings. The van der Waals surface area contributed by atoms with Crippen molar-refractivity contribution in [3.63, 3.8) is 0 Å². The van der Waals surface area contributed by atoms with Crippen LogP contribution < -0.4 is 10.6 Å². The molecule has 0 unspecified atom stereocenters. The molecule has 0 atom stereocenters. The van der Waals surface area contributed by atoms with E-state index in [0.29, 0.717) is 6.54 Å². The van der Waals surface area contributed by atoms with E-state index in [4.69, 9.17) is 5.73 Å². The van der Waals surface area contributed by atoms with E-state index in [-0.39, 0.29) is 0 Å². The molecule has 94 valence electrons. The smallest absolute Gasteiger partial charge is 0.131 e. The number of nitrogens with zero attached hydrogens (tertiary/aromatic N) is 2. The molecule has 0 bridgehead atoms. The van der Waals surface area contributed by atoms with E-state index in [0.717, 1.165) is 12.4 Å². The van der Waals surface area contributed by atoms with Crippen molar-refractivity contribution < 1.29 is 0 Å². The Bertz CT molecular complexity index is 523. The van der Waals surface area contributed by atoms with Crippen molar-refractivity contribution in [3.05, 3.63) is 59.3 Å². The quantitative estimate of drug-likeness (QED) is 0.894. The first kappa shape index (κ1) is 12.6. The van der Waals surface area contributed by atoms with Crippen LogP contribution in [0.3, 0.4) is 0 Å². The Morgan fingerprint density at radius 2 is 1.83 bits per heavy atom. The summed E-state index contributed by atoms with van der Waals surface area (Å²) in [5, 5.41) is 0. The van der Waals surface area contributed by atoms with Crippen molar-refractivity contribution in [3.8, 4) is 0 Å². The summed E-state index contributed by atoms with van der Waals surface area (Å²) >= 11 is 0. The van der Waals surface area contributed by atoms with Gasteiger partial charge in [0, 0.05) is 26.3 Å².